The Balaban J connectivity index is 2.33. The van der Waals surface area contributed by atoms with Gasteiger partial charge >= 0.3 is 0 Å². The van der Waals surface area contributed by atoms with E-state index in [0.29, 0.717) is 5.41 Å². The Hall–Kier alpha value is -0.370. The first-order chi connectivity index (χ1) is 5.21. The molecule has 0 radical (unpaired) electrons. The molecule has 58 valence electrons. The van der Waals surface area contributed by atoms with Crippen molar-refractivity contribution in [2.45, 2.75) is 25.2 Å². The summed E-state index contributed by atoms with van der Waals surface area (Å²) in [5.41, 5.74) is 1.64. The second-order valence-corrected chi connectivity index (χ2v) is 4.34. The van der Waals surface area contributed by atoms with Crippen LogP contribution >= 0.6 is 15.9 Å². The molecule has 2 rings (SSSR count). The van der Waals surface area contributed by atoms with E-state index in [1.165, 1.54) is 18.5 Å². The molecule has 0 atom stereocenters. The minimum atomic E-state index is 0.403. The predicted octanol–water partition coefficient (Wildman–Crippen LogP) is 2.90. The van der Waals surface area contributed by atoms with Crippen LogP contribution in [0.3, 0.4) is 0 Å². The van der Waals surface area contributed by atoms with Crippen molar-refractivity contribution in [1.82, 2.24) is 4.98 Å². The van der Waals surface area contributed by atoms with Crippen molar-refractivity contribution in [1.29, 1.82) is 0 Å². The monoisotopic (exact) mass is 211 g/mol. The number of aromatic nitrogens is 1. The number of pyridine rings is 1. The van der Waals surface area contributed by atoms with Crippen LogP contribution in [0.15, 0.2) is 22.8 Å². The van der Waals surface area contributed by atoms with Crippen molar-refractivity contribution < 1.29 is 0 Å². The van der Waals surface area contributed by atoms with Crippen LogP contribution in [0.2, 0.25) is 0 Å². The molecule has 2 heteroatoms. The third-order valence-electron chi connectivity index (χ3n) is 2.35. The summed E-state index contributed by atoms with van der Waals surface area (Å²) in [5, 5.41) is 0. The maximum absolute atomic E-state index is 4.37. The van der Waals surface area contributed by atoms with Gasteiger partial charge < -0.3 is 0 Å². The highest BCUT2D eigenvalue weighted by atomic mass is 79.9. The molecule has 0 unspecified atom stereocenters. The molecule has 0 aromatic carbocycles. The molecule has 0 aliphatic heterocycles. The Bertz CT molecular complexity index is 261. The van der Waals surface area contributed by atoms with Crippen molar-refractivity contribution >= 4 is 15.9 Å². The maximum atomic E-state index is 4.37. The molecule has 1 aromatic rings. The van der Waals surface area contributed by atoms with Crippen LogP contribution < -0.4 is 0 Å². The smallest absolute Gasteiger partial charge is 0.0463 e. The minimum absolute atomic E-state index is 0.403. The lowest BCUT2D eigenvalue weighted by atomic mass is 10.1. The van der Waals surface area contributed by atoms with Gasteiger partial charge in [-0.15, -0.1) is 0 Å². The number of halogens is 1. The van der Waals surface area contributed by atoms with Crippen molar-refractivity contribution in [3.8, 4) is 0 Å². The molecule has 1 aromatic heterocycles. The zero-order valence-corrected chi connectivity index (χ0v) is 8.06. The molecule has 0 N–H and O–H groups in total. The van der Waals surface area contributed by atoms with E-state index in [1.807, 2.05) is 6.20 Å². The first-order valence-electron chi connectivity index (χ1n) is 3.83. The summed E-state index contributed by atoms with van der Waals surface area (Å²) in [6.45, 7) is 2.27. The van der Waals surface area contributed by atoms with Gasteiger partial charge in [-0.1, -0.05) is 6.92 Å². The molecule has 0 amide bonds. The topological polar surface area (TPSA) is 12.9 Å². The Morgan fingerprint density at radius 3 is 2.64 bits per heavy atom. The third-order valence-corrected chi connectivity index (χ3v) is 2.81. The quantitative estimate of drug-likeness (QED) is 0.697. The summed E-state index contributed by atoms with van der Waals surface area (Å²) in [6, 6.07) is 4.17. The van der Waals surface area contributed by atoms with Crippen molar-refractivity contribution in [3.63, 3.8) is 0 Å². The normalized spacial score (nSPS) is 19.8. The van der Waals surface area contributed by atoms with Crippen LogP contribution in [0.4, 0.5) is 0 Å². The zero-order valence-electron chi connectivity index (χ0n) is 6.47. The molecule has 1 aliphatic carbocycles. The Morgan fingerprint density at radius 1 is 1.45 bits per heavy atom. The van der Waals surface area contributed by atoms with E-state index in [1.54, 1.807) is 0 Å². The van der Waals surface area contributed by atoms with Crippen LogP contribution in [0, 0.1) is 0 Å². The van der Waals surface area contributed by atoms with Gasteiger partial charge in [-0.25, -0.2) is 0 Å². The molecule has 1 fully saturated rings. The van der Waals surface area contributed by atoms with Crippen LogP contribution in [-0.4, -0.2) is 4.98 Å². The van der Waals surface area contributed by atoms with Crippen molar-refractivity contribution in [3.05, 3.63) is 28.5 Å². The minimum Gasteiger partial charge on any atom is -0.260 e. The van der Waals surface area contributed by atoms with Crippen LogP contribution in [0.25, 0.3) is 0 Å². The van der Waals surface area contributed by atoms with Crippen LogP contribution in [0.1, 0.15) is 25.5 Å². The second-order valence-electron chi connectivity index (χ2n) is 3.42. The van der Waals surface area contributed by atoms with E-state index in [-0.39, 0.29) is 0 Å². The van der Waals surface area contributed by atoms with Gasteiger partial charge in [0.25, 0.3) is 0 Å². The largest absolute Gasteiger partial charge is 0.260 e. The summed E-state index contributed by atoms with van der Waals surface area (Å²) in [5.74, 6) is 0. The molecule has 0 spiro atoms. The van der Waals surface area contributed by atoms with E-state index in [4.69, 9.17) is 0 Å². The summed E-state index contributed by atoms with van der Waals surface area (Å²) in [4.78, 5) is 4.37. The first-order valence-corrected chi connectivity index (χ1v) is 4.62. The fraction of sp³-hybridized carbons (Fsp3) is 0.444. The summed E-state index contributed by atoms with van der Waals surface area (Å²) in [6.07, 6.45) is 4.46. The number of hydrogen-bond acceptors (Lipinski definition) is 1. The highest BCUT2D eigenvalue weighted by Crippen LogP contribution is 2.46. The van der Waals surface area contributed by atoms with Gasteiger partial charge in [-0.3, -0.25) is 4.98 Å². The van der Waals surface area contributed by atoms with Gasteiger partial charge in [0, 0.05) is 21.8 Å². The zero-order chi connectivity index (χ0) is 7.90. The third kappa shape index (κ3) is 1.32. The summed E-state index contributed by atoms with van der Waals surface area (Å²) < 4.78 is 1.06. The second kappa shape index (κ2) is 2.31. The fourth-order valence-electron chi connectivity index (χ4n) is 1.18. The van der Waals surface area contributed by atoms with E-state index in [2.05, 4.69) is 40.0 Å². The number of nitrogens with zero attached hydrogens (tertiary/aromatic N) is 1. The summed E-state index contributed by atoms with van der Waals surface area (Å²) >= 11 is 3.37. The van der Waals surface area contributed by atoms with E-state index in [9.17, 15) is 0 Å². The maximum Gasteiger partial charge on any atom is 0.0463 e. The standard InChI is InChI=1S/C9H10BrN/c1-9(4-5-9)8-3-2-7(10)6-11-8/h2-3,6H,4-5H2,1H3. The SMILES string of the molecule is CC1(c2ccc(Br)cn2)CC1. The number of hydrogen-bond donors (Lipinski definition) is 0. The van der Waals surface area contributed by atoms with Crippen molar-refractivity contribution in [2.75, 3.05) is 0 Å². The number of rotatable bonds is 1. The molecule has 1 saturated carbocycles. The lowest BCUT2D eigenvalue weighted by Crippen LogP contribution is -2.01. The predicted molar refractivity (Wildman–Crippen MR) is 48.5 cm³/mol. The average molecular weight is 212 g/mol. The molecular weight excluding hydrogens is 202 g/mol. The molecule has 1 nitrogen and oxygen atoms in total. The van der Waals surface area contributed by atoms with E-state index >= 15 is 0 Å². The van der Waals surface area contributed by atoms with Gasteiger partial charge in [-0.2, -0.15) is 0 Å². The fourth-order valence-corrected chi connectivity index (χ4v) is 1.41. The van der Waals surface area contributed by atoms with Crippen molar-refractivity contribution in [2.24, 2.45) is 0 Å². The highest BCUT2D eigenvalue weighted by molar-refractivity contribution is 9.10. The average Bonchev–Trinajstić information content (AvgIpc) is 2.70. The molecule has 1 heterocycles. The van der Waals surface area contributed by atoms with Gasteiger partial charge in [0.2, 0.25) is 0 Å². The van der Waals surface area contributed by atoms with Gasteiger partial charge in [0.15, 0.2) is 0 Å². The lowest BCUT2D eigenvalue weighted by Gasteiger charge is -2.05. The Labute approximate surface area is 75.0 Å². The van der Waals surface area contributed by atoms with Gasteiger partial charge in [0.1, 0.15) is 0 Å². The first kappa shape index (κ1) is 7.29. The Kier molecular flexibility index (Phi) is 1.53. The van der Waals surface area contributed by atoms with Crippen LogP contribution in [0.5, 0.6) is 0 Å². The summed E-state index contributed by atoms with van der Waals surface area (Å²) in [7, 11) is 0. The molecular formula is C9H10BrN. The lowest BCUT2D eigenvalue weighted by molar-refractivity contribution is 0.749. The Morgan fingerprint density at radius 2 is 2.18 bits per heavy atom. The molecule has 1 aliphatic rings. The van der Waals surface area contributed by atoms with E-state index < -0.39 is 0 Å². The molecule has 0 saturated heterocycles. The van der Waals surface area contributed by atoms with Gasteiger partial charge in [-0.05, 0) is 40.9 Å². The molecule has 11 heavy (non-hydrogen) atoms. The highest BCUT2D eigenvalue weighted by Gasteiger charge is 2.40. The molecule has 0 bridgehead atoms. The van der Waals surface area contributed by atoms with Gasteiger partial charge in [0.05, 0.1) is 0 Å². The van der Waals surface area contributed by atoms with E-state index in [0.717, 1.165) is 4.47 Å². The van der Waals surface area contributed by atoms with Crippen LogP contribution in [-0.2, 0) is 5.41 Å².